The minimum absolute atomic E-state index is 0.420. The molecule has 1 saturated heterocycles. The number of piperazine rings is 1. The standard InChI is InChI=1S/C27H32ClN5O3/c1-36-26-5-3-2-4-25(26)32-14-12-30(13-15-32)16-22(35)17-33-24-10-11-31(19-34)18-23(24)27(29-33)20-6-8-21(28)9-7-20/h2-9,19,22,35H,10-18H2,1H3. The lowest BCUT2D eigenvalue weighted by Crippen LogP contribution is -2.49. The first-order valence-corrected chi connectivity index (χ1v) is 12.8. The highest BCUT2D eigenvalue weighted by Crippen LogP contribution is 2.31. The molecule has 3 aromatic rings. The van der Waals surface area contributed by atoms with Gasteiger partial charge in [0.2, 0.25) is 6.41 Å². The summed E-state index contributed by atoms with van der Waals surface area (Å²) in [5, 5.41) is 16.6. The number of anilines is 1. The maximum Gasteiger partial charge on any atom is 0.210 e. The van der Waals surface area contributed by atoms with Gasteiger partial charge in [-0.2, -0.15) is 5.10 Å². The monoisotopic (exact) mass is 509 g/mol. The Morgan fingerprint density at radius 1 is 1.06 bits per heavy atom. The average molecular weight is 510 g/mol. The summed E-state index contributed by atoms with van der Waals surface area (Å²) in [6.45, 7) is 5.70. The van der Waals surface area contributed by atoms with Crippen LogP contribution in [0.3, 0.4) is 0 Å². The number of halogens is 1. The van der Waals surface area contributed by atoms with Crippen LogP contribution in [0.5, 0.6) is 5.75 Å². The lowest BCUT2D eigenvalue weighted by atomic mass is 10.0. The van der Waals surface area contributed by atoms with E-state index in [-0.39, 0.29) is 0 Å². The number of benzene rings is 2. The third-order valence-corrected chi connectivity index (χ3v) is 7.33. The maximum absolute atomic E-state index is 11.4. The molecule has 2 aliphatic rings. The molecule has 1 unspecified atom stereocenters. The number of fused-ring (bicyclic) bond motifs is 1. The topological polar surface area (TPSA) is 74.1 Å². The van der Waals surface area contributed by atoms with Crippen molar-refractivity contribution in [2.24, 2.45) is 0 Å². The first-order valence-electron chi connectivity index (χ1n) is 12.4. The Bertz CT molecular complexity index is 1190. The molecule has 1 aromatic heterocycles. The number of amides is 1. The molecule has 1 atom stereocenters. The van der Waals surface area contributed by atoms with Gasteiger partial charge in [0.05, 0.1) is 31.1 Å². The van der Waals surface area contributed by atoms with Gasteiger partial charge in [0.15, 0.2) is 0 Å². The summed E-state index contributed by atoms with van der Waals surface area (Å²) in [6, 6.07) is 15.7. The van der Waals surface area contributed by atoms with Crippen LogP contribution in [-0.2, 0) is 24.3 Å². The van der Waals surface area contributed by atoms with Gasteiger partial charge in [0.25, 0.3) is 0 Å². The summed E-state index contributed by atoms with van der Waals surface area (Å²) in [6.07, 6.45) is 1.07. The van der Waals surface area contributed by atoms with Crippen molar-refractivity contribution in [3.8, 4) is 17.0 Å². The quantitative estimate of drug-likeness (QED) is 0.471. The van der Waals surface area contributed by atoms with Crippen LogP contribution in [0.4, 0.5) is 5.69 Å². The van der Waals surface area contributed by atoms with Gasteiger partial charge in [-0.1, -0.05) is 35.9 Å². The van der Waals surface area contributed by atoms with Crippen molar-refractivity contribution in [3.05, 3.63) is 64.8 Å². The Morgan fingerprint density at radius 3 is 2.53 bits per heavy atom. The molecule has 1 amide bonds. The predicted octanol–water partition coefficient (Wildman–Crippen LogP) is 2.91. The van der Waals surface area contributed by atoms with Crippen LogP contribution >= 0.6 is 11.6 Å². The lowest BCUT2D eigenvalue weighted by molar-refractivity contribution is -0.118. The molecular weight excluding hydrogens is 478 g/mol. The van der Waals surface area contributed by atoms with Crippen molar-refractivity contribution in [2.45, 2.75) is 25.6 Å². The first-order chi connectivity index (χ1) is 17.6. The van der Waals surface area contributed by atoms with Crippen LogP contribution < -0.4 is 9.64 Å². The number of aliphatic hydroxyl groups excluding tert-OH is 1. The zero-order chi connectivity index (χ0) is 25.1. The van der Waals surface area contributed by atoms with Crippen molar-refractivity contribution >= 4 is 23.7 Å². The largest absolute Gasteiger partial charge is 0.495 e. The van der Waals surface area contributed by atoms with Gasteiger partial charge in [-0.05, 0) is 24.3 Å². The molecule has 2 aromatic carbocycles. The fraction of sp³-hybridized carbons (Fsp3) is 0.407. The van der Waals surface area contributed by atoms with Gasteiger partial charge < -0.3 is 19.6 Å². The Labute approximate surface area is 216 Å². The van der Waals surface area contributed by atoms with Crippen molar-refractivity contribution in [1.82, 2.24) is 19.6 Å². The molecule has 0 bridgehead atoms. The van der Waals surface area contributed by atoms with E-state index < -0.39 is 6.10 Å². The second-order valence-corrected chi connectivity index (χ2v) is 9.84. The molecule has 0 radical (unpaired) electrons. The van der Waals surface area contributed by atoms with Crippen LogP contribution in [0.25, 0.3) is 11.3 Å². The summed E-state index contributed by atoms with van der Waals surface area (Å²) >= 11 is 6.09. The number of carbonyl (C=O) groups excluding carboxylic acids is 1. The zero-order valence-corrected chi connectivity index (χ0v) is 21.3. The summed E-state index contributed by atoms with van der Waals surface area (Å²) in [5.74, 6) is 0.888. The Morgan fingerprint density at radius 2 is 1.81 bits per heavy atom. The van der Waals surface area contributed by atoms with E-state index in [0.29, 0.717) is 31.2 Å². The summed E-state index contributed by atoms with van der Waals surface area (Å²) in [7, 11) is 1.70. The smallest absolute Gasteiger partial charge is 0.210 e. The van der Waals surface area contributed by atoms with Crippen LogP contribution in [0, 0.1) is 0 Å². The lowest BCUT2D eigenvalue weighted by Gasteiger charge is -2.37. The fourth-order valence-electron chi connectivity index (χ4n) is 5.21. The number of aromatic nitrogens is 2. The average Bonchev–Trinajstić information content (AvgIpc) is 3.26. The minimum Gasteiger partial charge on any atom is -0.495 e. The highest BCUT2D eigenvalue weighted by molar-refractivity contribution is 6.30. The summed E-state index contributed by atoms with van der Waals surface area (Å²) in [5.41, 5.74) is 5.07. The van der Waals surface area contributed by atoms with E-state index in [9.17, 15) is 9.90 Å². The van der Waals surface area contributed by atoms with Gasteiger partial charge in [-0.3, -0.25) is 14.4 Å². The number of carbonyl (C=O) groups is 1. The number of hydrogen-bond donors (Lipinski definition) is 1. The highest BCUT2D eigenvalue weighted by atomic mass is 35.5. The number of ether oxygens (including phenoxy) is 1. The number of methoxy groups -OCH3 is 1. The molecule has 2 aliphatic heterocycles. The molecule has 9 heteroatoms. The fourth-order valence-corrected chi connectivity index (χ4v) is 5.34. The number of nitrogens with zero attached hydrogens (tertiary/aromatic N) is 5. The molecule has 0 aliphatic carbocycles. The van der Waals surface area contributed by atoms with Crippen LogP contribution in [-0.4, -0.2) is 83.6 Å². The molecule has 36 heavy (non-hydrogen) atoms. The number of β-amino-alcohol motifs (C(OH)–C–C–N with tert-alkyl or cyclic N) is 1. The van der Waals surface area contributed by atoms with Crippen molar-refractivity contribution in [2.75, 3.05) is 51.3 Å². The normalized spacial score (nSPS) is 17.1. The number of hydrogen-bond acceptors (Lipinski definition) is 6. The molecule has 1 N–H and O–H groups in total. The van der Waals surface area contributed by atoms with Gasteiger partial charge in [0, 0.05) is 74.1 Å². The molecule has 190 valence electrons. The Kier molecular flexibility index (Phi) is 7.46. The molecule has 5 rings (SSSR count). The maximum atomic E-state index is 11.4. The van der Waals surface area contributed by atoms with E-state index in [4.69, 9.17) is 21.4 Å². The van der Waals surface area contributed by atoms with Gasteiger partial charge in [-0.25, -0.2) is 0 Å². The van der Waals surface area contributed by atoms with E-state index in [2.05, 4.69) is 15.9 Å². The van der Waals surface area contributed by atoms with E-state index >= 15 is 0 Å². The SMILES string of the molecule is COc1ccccc1N1CCN(CC(O)Cn2nc(-c3ccc(Cl)cc3)c3c2CCN(C=O)C3)CC1. The Balaban J connectivity index is 1.26. The predicted molar refractivity (Wildman–Crippen MR) is 141 cm³/mol. The molecule has 1 fully saturated rings. The molecule has 8 nitrogen and oxygen atoms in total. The number of aliphatic hydroxyl groups is 1. The number of rotatable bonds is 8. The first kappa shape index (κ1) is 24.6. The van der Waals surface area contributed by atoms with E-state index in [0.717, 1.165) is 73.0 Å². The second-order valence-electron chi connectivity index (χ2n) is 9.40. The van der Waals surface area contributed by atoms with Gasteiger partial charge in [-0.15, -0.1) is 0 Å². The van der Waals surface area contributed by atoms with Gasteiger partial charge >= 0.3 is 0 Å². The third-order valence-electron chi connectivity index (χ3n) is 7.08. The van der Waals surface area contributed by atoms with Crippen LogP contribution in [0.1, 0.15) is 11.3 Å². The highest BCUT2D eigenvalue weighted by Gasteiger charge is 2.27. The Hall–Kier alpha value is -3.07. The summed E-state index contributed by atoms with van der Waals surface area (Å²) in [4.78, 5) is 17.9. The van der Waals surface area contributed by atoms with Gasteiger partial charge in [0.1, 0.15) is 5.75 Å². The number of para-hydroxylation sites is 2. The molecule has 3 heterocycles. The van der Waals surface area contributed by atoms with E-state index in [1.807, 2.05) is 47.1 Å². The van der Waals surface area contributed by atoms with Crippen LogP contribution in [0.2, 0.25) is 5.02 Å². The van der Waals surface area contributed by atoms with Crippen molar-refractivity contribution in [1.29, 1.82) is 0 Å². The zero-order valence-electron chi connectivity index (χ0n) is 20.5. The molecule has 0 spiro atoms. The second kappa shape index (κ2) is 10.9. The van der Waals surface area contributed by atoms with Crippen molar-refractivity contribution < 1.29 is 14.6 Å². The minimum atomic E-state index is -0.547. The van der Waals surface area contributed by atoms with Crippen LogP contribution in [0.15, 0.2) is 48.5 Å². The third kappa shape index (κ3) is 5.21. The van der Waals surface area contributed by atoms with E-state index in [1.54, 1.807) is 12.0 Å². The molecular formula is C27H32ClN5O3. The van der Waals surface area contributed by atoms with E-state index in [1.165, 1.54) is 0 Å². The molecule has 0 saturated carbocycles. The summed E-state index contributed by atoms with van der Waals surface area (Å²) < 4.78 is 7.46. The van der Waals surface area contributed by atoms with Crippen molar-refractivity contribution in [3.63, 3.8) is 0 Å².